The molecule has 0 atom stereocenters. The van der Waals surface area contributed by atoms with Gasteiger partial charge in [-0.25, -0.2) is 0 Å². The lowest BCUT2D eigenvalue weighted by Gasteiger charge is -2.10. The van der Waals surface area contributed by atoms with E-state index in [-0.39, 0.29) is 0 Å². The molecule has 0 amide bonds. The maximum absolute atomic E-state index is 3.00. The summed E-state index contributed by atoms with van der Waals surface area (Å²) >= 11 is 0. The van der Waals surface area contributed by atoms with Gasteiger partial charge in [0.2, 0.25) is 0 Å². The van der Waals surface area contributed by atoms with E-state index in [1.54, 1.807) is 0 Å². The highest BCUT2D eigenvalue weighted by Gasteiger charge is 2.05. The Morgan fingerprint density at radius 3 is 2.60 bits per heavy atom. The highest BCUT2D eigenvalue weighted by atomic mass is 14.1. The third-order valence-electron chi connectivity index (χ3n) is 2.16. The largest absolute Gasteiger partial charge is 0.106 e. The first-order valence-corrected chi connectivity index (χ1v) is 5.69. The van der Waals surface area contributed by atoms with E-state index in [1.807, 2.05) is 13.8 Å². The summed E-state index contributed by atoms with van der Waals surface area (Å²) in [6, 6.07) is 0. The molecule has 15 heavy (non-hydrogen) atoms. The number of hydrogen-bond acceptors (Lipinski definition) is 0. The maximum Gasteiger partial charge on any atom is -0.0157 e. The van der Waals surface area contributed by atoms with Crippen LogP contribution < -0.4 is 0 Å². The Hall–Kier alpha value is -1.30. The fourth-order valence-corrected chi connectivity index (χ4v) is 1.54. The van der Waals surface area contributed by atoms with Crippen molar-refractivity contribution < 1.29 is 0 Å². The molecule has 0 nitrogen and oxygen atoms in total. The molecule has 0 fully saturated rings. The predicted octanol–water partition coefficient (Wildman–Crippen LogP) is 4.98. The highest BCUT2D eigenvalue weighted by molar-refractivity contribution is 5.45. The lowest BCUT2D eigenvalue weighted by atomic mass is 9.95. The first-order valence-electron chi connectivity index (χ1n) is 5.69. The molecular formula is C15H22. The van der Waals surface area contributed by atoms with Crippen molar-refractivity contribution in [3.05, 3.63) is 60.8 Å². The van der Waals surface area contributed by atoms with Crippen molar-refractivity contribution >= 4 is 0 Å². The molecule has 0 aromatic rings. The fourth-order valence-electron chi connectivity index (χ4n) is 1.54. The van der Waals surface area contributed by atoms with Gasteiger partial charge in [0, 0.05) is 0 Å². The second-order valence-corrected chi connectivity index (χ2v) is 2.96. The van der Waals surface area contributed by atoms with Gasteiger partial charge in [-0.05, 0) is 30.4 Å². The third kappa shape index (κ3) is 4.64. The Kier molecular flexibility index (Phi) is 8.46. The minimum absolute atomic E-state index is 1.08. The number of rotatable bonds is 0. The van der Waals surface area contributed by atoms with Gasteiger partial charge >= 0.3 is 0 Å². The summed E-state index contributed by atoms with van der Waals surface area (Å²) in [6.45, 7) is 10.0. The summed E-state index contributed by atoms with van der Waals surface area (Å²) in [4.78, 5) is 0. The van der Waals surface area contributed by atoms with Crippen molar-refractivity contribution in [1.29, 1.82) is 0 Å². The van der Waals surface area contributed by atoms with Crippen LogP contribution in [0.4, 0.5) is 0 Å². The lowest BCUT2D eigenvalue weighted by Crippen LogP contribution is -1.91. The molecule has 0 heteroatoms. The van der Waals surface area contributed by atoms with Crippen LogP contribution in [-0.4, -0.2) is 0 Å². The van der Waals surface area contributed by atoms with E-state index in [4.69, 9.17) is 0 Å². The van der Waals surface area contributed by atoms with Gasteiger partial charge in [0.15, 0.2) is 0 Å². The average molecular weight is 202 g/mol. The van der Waals surface area contributed by atoms with E-state index in [0.717, 1.165) is 6.42 Å². The van der Waals surface area contributed by atoms with Gasteiger partial charge in [0.05, 0.1) is 0 Å². The summed E-state index contributed by atoms with van der Waals surface area (Å²) in [7, 11) is 0. The molecule has 0 aliphatic heterocycles. The highest BCUT2D eigenvalue weighted by Crippen LogP contribution is 2.24. The Bertz CT molecular complexity index is 274. The normalized spacial score (nSPS) is 16.7. The molecule has 82 valence electrons. The first-order chi connectivity index (χ1) is 7.47. The average Bonchev–Trinajstić information content (AvgIpc) is 2.59. The molecule has 0 unspecified atom stereocenters. The molecule has 0 aromatic carbocycles. The predicted molar refractivity (Wildman–Crippen MR) is 70.9 cm³/mol. The molecule has 0 saturated heterocycles. The molecule has 2 aliphatic carbocycles. The van der Waals surface area contributed by atoms with Crippen LogP contribution in [0.3, 0.4) is 0 Å². The van der Waals surface area contributed by atoms with Crippen LogP contribution in [0, 0.1) is 0 Å². The zero-order valence-corrected chi connectivity index (χ0v) is 10.00. The molecule has 0 saturated carbocycles. The standard InChI is InChI=1S/C11H12.C2H6.C2H4/c1-2-6-10-8-4-5-9-11(10)7-3-1;2*1-2/h1-2,5-7,9H,3-4,8H2;1-2H3;1-2H2. The van der Waals surface area contributed by atoms with E-state index in [9.17, 15) is 0 Å². The summed E-state index contributed by atoms with van der Waals surface area (Å²) in [5.41, 5.74) is 2.93. The molecule has 0 spiro atoms. The lowest BCUT2D eigenvalue weighted by molar-refractivity contribution is 0.967. The van der Waals surface area contributed by atoms with E-state index >= 15 is 0 Å². The SMILES string of the molecule is C1=CCC=C2C=CCCC2=C1.C=C.CC. The monoisotopic (exact) mass is 202 g/mol. The van der Waals surface area contributed by atoms with Crippen LogP contribution in [0.1, 0.15) is 33.1 Å². The van der Waals surface area contributed by atoms with Crippen LogP contribution in [0.15, 0.2) is 60.8 Å². The van der Waals surface area contributed by atoms with Crippen LogP contribution in [0.2, 0.25) is 0 Å². The van der Waals surface area contributed by atoms with Crippen LogP contribution in [-0.2, 0) is 0 Å². The molecule has 0 aromatic heterocycles. The number of hydrogen-bond donors (Lipinski definition) is 0. The van der Waals surface area contributed by atoms with Gasteiger partial charge in [0.25, 0.3) is 0 Å². The van der Waals surface area contributed by atoms with Crippen LogP contribution in [0.25, 0.3) is 0 Å². The third-order valence-corrected chi connectivity index (χ3v) is 2.16. The number of allylic oxidation sites excluding steroid dienone is 8. The van der Waals surface area contributed by atoms with E-state index in [1.165, 1.54) is 24.0 Å². The van der Waals surface area contributed by atoms with Gasteiger partial charge in [0.1, 0.15) is 0 Å². The summed E-state index contributed by atoms with van der Waals surface area (Å²) in [6.07, 6.45) is 16.9. The van der Waals surface area contributed by atoms with Crippen molar-refractivity contribution in [2.24, 2.45) is 0 Å². The number of fused-ring (bicyclic) bond motifs is 1. The van der Waals surface area contributed by atoms with Crippen LogP contribution in [0.5, 0.6) is 0 Å². The molecular weight excluding hydrogens is 180 g/mol. The van der Waals surface area contributed by atoms with E-state index in [0.29, 0.717) is 0 Å². The second kappa shape index (κ2) is 9.26. The second-order valence-electron chi connectivity index (χ2n) is 2.96. The van der Waals surface area contributed by atoms with Gasteiger partial charge in [-0.1, -0.05) is 50.3 Å². The van der Waals surface area contributed by atoms with Crippen molar-refractivity contribution in [3.63, 3.8) is 0 Å². The Morgan fingerprint density at radius 1 is 1.13 bits per heavy atom. The molecule has 0 radical (unpaired) electrons. The quantitative estimate of drug-likeness (QED) is 0.486. The van der Waals surface area contributed by atoms with E-state index < -0.39 is 0 Å². The van der Waals surface area contributed by atoms with E-state index in [2.05, 4.69) is 49.6 Å². The summed E-state index contributed by atoms with van der Waals surface area (Å²) < 4.78 is 0. The van der Waals surface area contributed by atoms with Crippen molar-refractivity contribution in [2.45, 2.75) is 33.1 Å². The van der Waals surface area contributed by atoms with Gasteiger partial charge in [-0.15, -0.1) is 13.2 Å². The first kappa shape index (κ1) is 13.7. The smallest absolute Gasteiger partial charge is 0.0157 e. The summed E-state index contributed by atoms with van der Waals surface area (Å²) in [5.74, 6) is 0. The van der Waals surface area contributed by atoms with Gasteiger partial charge in [-0.3, -0.25) is 0 Å². The topological polar surface area (TPSA) is 0 Å². The van der Waals surface area contributed by atoms with Crippen molar-refractivity contribution in [2.75, 3.05) is 0 Å². The maximum atomic E-state index is 3.00. The minimum Gasteiger partial charge on any atom is -0.106 e. The van der Waals surface area contributed by atoms with Gasteiger partial charge in [-0.2, -0.15) is 0 Å². The molecule has 0 heterocycles. The van der Waals surface area contributed by atoms with Crippen molar-refractivity contribution in [3.8, 4) is 0 Å². The minimum atomic E-state index is 1.08. The Balaban J connectivity index is 0.000000442. The zero-order chi connectivity index (χ0) is 11.5. The molecule has 0 N–H and O–H groups in total. The molecule has 0 bridgehead atoms. The molecule has 2 aliphatic rings. The van der Waals surface area contributed by atoms with Gasteiger partial charge < -0.3 is 0 Å². The van der Waals surface area contributed by atoms with Crippen molar-refractivity contribution in [1.82, 2.24) is 0 Å². The summed E-state index contributed by atoms with van der Waals surface area (Å²) in [5, 5.41) is 0. The Morgan fingerprint density at radius 2 is 1.87 bits per heavy atom. The Labute approximate surface area is 94.4 Å². The van der Waals surface area contributed by atoms with Crippen LogP contribution >= 0.6 is 0 Å². The zero-order valence-electron chi connectivity index (χ0n) is 10.00. The molecule has 2 rings (SSSR count). The fraction of sp³-hybridized carbons (Fsp3) is 0.333.